The lowest BCUT2D eigenvalue weighted by Gasteiger charge is -2.27. The Kier molecular flexibility index (Phi) is 3.39. The number of phenolic OH excluding ortho intramolecular Hbond substituents is 2. The zero-order chi connectivity index (χ0) is 15.0. The van der Waals surface area contributed by atoms with Crippen molar-refractivity contribution < 1.29 is 10.2 Å². The number of benzene rings is 1. The van der Waals surface area contributed by atoms with Crippen LogP contribution in [0.3, 0.4) is 0 Å². The summed E-state index contributed by atoms with van der Waals surface area (Å²) in [5.41, 5.74) is 2.15. The van der Waals surface area contributed by atoms with Gasteiger partial charge in [0.15, 0.2) is 0 Å². The zero-order valence-electron chi connectivity index (χ0n) is 11.8. The van der Waals surface area contributed by atoms with Crippen LogP contribution in [0.15, 0.2) is 23.0 Å². The molecule has 6 heteroatoms. The molecule has 0 radical (unpaired) electrons. The van der Waals surface area contributed by atoms with Gasteiger partial charge in [-0.25, -0.2) is 4.98 Å². The molecule has 0 saturated heterocycles. The van der Waals surface area contributed by atoms with Crippen LogP contribution in [-0.4, -0.2) is 31.6 Å². The number of hydrogen-bond donors (Lipinski definition) is 3. The van der Waals surface area contributed by atoms with Gasteiger partial charge in [-0.05, 0) is 31.5 Å². The van der Waals surface area contributed by atoms with Crippen molar-refractivity contribution in [1.29, 1.82) is 0 Å². The summed E-state index contributed by atoms with van der Waals surface area (Å²) < 4.78 is 0. The maximum Gasteiger partial charge on any atom is 0.254 e. The number of nitrogens with zero attached hydrogens (tertiary/aromatic N) is 2. The van der Waals surface area contributed by atoms with E-state index in [1.54, 1.807) is 13.0 Å². The molecule has 0 saturated carbocycles. The number of H-pyrrole nitrogens is 1. The summed E-state index contributed by atoms with van der Waals surface area (Å²) in [7, 11) is 0. The molecule has 110 valence electrons. The fourth-order valence-corrected chi connectivity index (χ4v) is 2.69. The third-order valence-electron chi connectivity index (χ3n) is 3.73. The molecule has 1 aliphatic rings. The summed E-state index contributed by atoms with van der Waals surface area (Å²) >= 11 is 0. The monoisotopic (exact) mass is 287 g/mol. The first kappa shape index (κ1) is 13.6. The number of fused-ring (bicyclic) bond motifs is 1. The summed E-state index contributed by atoms with van der Waals surface area (Å²) in [5, 5.41) is 19.4. The Morgan fingerprint density at radius 1 is 1.38 bits per heavy atom. The number of phenols is 2. The molecule has 6 nitrogen and oxygen atoms in total. The first-order valence-corrected chi connectivity index (χ1v) is 6.85. The fraction of sp³-hybridized carbons (Fsp3) is 0.333. The van der Waals surface area contributed by atoms with Gasteiger partial charge in [0.25, 0.3) is 5.56 Å². The Morgan fingerprint density at radius 2 is 2.19 bits per heavy atom. The minimum Gasteiger partial charge on any atom is -0.508 e. The van der Waals surface area contributed by atoms with E-state index in [2.05, 4.69) is 14.9 Å². The van der Waals surface area contributed by atoms with E-state index in [0.717, 1.165) is 17.8 Å². The van der Waals surface area contributed by atoms with Gasteiger partial charge in [0.05, 0.1) is 5.69 Å². The minimum absolute atomic E-state index is 0.0580. The van der Waals surface area contributed by atoms with Gasteiger partial charge in [-0.2, -0.15) is 0 Å². The molecule has 0 aliphatic carbocycles. The Hall–Kier alpha value is -2.34. The van der Waals surface area contributed by atoms with Crippen molar-refractivity contribution in [2.45, 2.75) is 26.4 Å². The third kappa shape index (κ3) is 2.75. The van der Waals surface area contributed by atoms with Gasteiger partial charge in [-0.15, -0.1) is 0 Å². The number of aromatic hydroxyl groups is 2. The second-order valence-electron chi connectivity index (χ2n) is 5.35. The van der Waals surface area contributed by atoms with Crippen molar-refractivity contribution in [1.82, 2.24) is 14.9 Å². The summed E-state index contributed by atoms with van der Waals surface area (Å²) in [5.74, 6) is 0.903. The highest BCUT2D eigenvalue weighted by molar-refractivity contribution is 5.38. The normalized spacial score (nSPS) is 14.9. The highest BCUT2D eigenvalue weighted by atomic mass is 16.3. The Balaban J connectivity index is 1.83. The number of aromatic nitrogens is 2. The predicted octanol–water partition coefficient (Wildman–Crippen LogP) is 1.05. The molecule has 1 aromatic carbocycles. The van der Waals surface area contributed by atoms with Crippen molar-refractivity contribution in [3.63, 3.8) is 0 Å². The summed E-state index contributed by atoms with van der Waals surface area (Å²) in [6.07, 6.45) is 0.636. The second-order valence-corrected chi connectivity index (χ2v) is 5.35. The molecule has 3 rings (SSSR count). The van der Waals surface area contributed by atoms with Crippen molar-refractivity contribution in [3.8, 4) is 11.5 Å². The quantitative estimate of drug-likeness (QED) is 0.718. The van der Waals surface area contributed by atoms with E-state index in [1.807, 2.05) is 0 Å². The van der Waals surface area contributed by atoms with E-state index in [9.17, 15) is 15.0 Å². The lowest BCUT2D eigenvalue weighted by molar-refractivity contribution is 0.237. The Morgan fingerprint density at radius 3 is 3.00 bits per heavy atom. The first-order chi connectivity index (χ1) is 10.0. The maximum atomic E-state index is 11.9. The SMILES string of the molecule is Cc1nc2c(c(=O)[nH]1)CCN(Cc1cc(O)ccc1O)C2. The van der Waals surface area contributed by atoms with Crippen LogP contribution < -0.4 is 5.56 Å². The van der Waals surface area contributed by atoms with Gasteiger partial charge < -0.3 is 15.2 Å². The minimum atomic E-state index is -0.0580. The van der Waals surface area contributed by atoms with Gasteiger partial charge in [-0.1, -0.05) is 0 Å². The van der Waals surface area contributed by atoms with E-state index in [4.69, 9.17) is 0 Å². The summed E-state index contributed by atoms with van der Waals surface area (Å²) in [6, 6.07) is 4.49. The van der Waals surface area contributed by atoms with Crippen LogP contribution >= 0.6 is 0 Å². The second kappa shape index (κ2) is 5.21. The summed E-state index contributed by atoms with van der Waals surface area (Å²) in [6.45, 7) is 3.56. The van der Waals surface area contributed by atoms with Crippen LogP contribution in [0, 0.1) is 6.92 Å². The first-order valence-electron chi connectivity index (χ1n) is 6.85. The standard InChI is InChI=1S/C15H17N3O3/c1-9-16-13-8-18(5-4-12(13)15(21)17-9)7-10-6-11(19)2-3-14(10)20/h2-3,6,19-20H,4-5,7-8H2,1H3,(H,16,17,21). The average molecular weight is 287 g/mol. The maximum absolute atomic E-state index is 11.9. The molecule has 1 aromatic heterocycles. The Bertz CT molecular complexity index is 739. The van der Waals surface area contributed by atoms with E-state index in [-0.39, 0.29) is 17.1 Å². The van der Waals surface area contributed by atoms with Crippen LogP contribution in [0.2, 0.25) is 0 Å². The van der Waals surface area contributed by atoms with Gasteiger partial charge in [0, 0.05) is 30.8 Å². The van der Waals surface area contributed by atoms with Crippen molar-refractivity contribution in [2.24, 2.45) is 0 Å². The van der Waals surface area contributed by atoms with Gasteiger partial charge >= 0.3 is 0 Å². The molecule has 0 unspecified atom stereocenters. The van der Waals surface area contributed by atoms with Crippen LogP contribution in [0.1, 0.15) is 22.6 Å². The smallest absolute Gasteiger partial charge is 0.254 e. The van der Waals surface area contributed by atoms with Crippen molar-refractivity contribution >= 4 is 0 Å². The number of hydrogen-bond acceptors (Lipinski definition) is 5. The van der Waals surface area contributed by atoms with Crippen molar-refractivity contribution in [2.75, 3.05) is 6.54 Å². The molecule has 0 fully saturated rings. The summed E-state index contributed by atoms with van der Waals surface area (Å²) in [4.78, 5) is 21.1. The van der Waals surface area contributed by atoms with Gasteiger partial charge in [0.1, 0.15) is 17.3 Å². The number of aromatic amines is 1. The van der Waals surface area contributed by atoms with E-state index in [1.165, 1.54) is 12.1 Å². The highest BCUT2D eigenvalue weighted by Crippen LogP contribution is 2.25. The average Bonchev–Trinajstić information content (AvgIpc) is 2.42. The van der Waals surface area contributed by atoms with E-state index < -0.39 is 0 Å². The van der Waals surface area contributed by atoms with Gasteiger partial charge in [-0.3, -0.25) is 9.69 Å². The lowest BCUT2D eigenvalue weighted by atomic mass is 10.1. The van der Waals surface area contributed by atoms with Gasteiger partial charge in [0.2, 0.25) is 0 Å². The van der Waals surface area contributed by atoms with E-state index in [0.29, 0.717) is 30.9 Å². The molecule has 3 N–H and O–H groups in total. The number of aryl methyl sites for hydroxylation is 1. The molecule has 0 bridgehead atoms. The zero-order valence-corrected chi connectivity index (χ0v) is 11.8. The van der Waals surface area contributed by atoms with Crippen LogP contribution in [0.25, 0.3) is 0 Å². The molecule has 0 spiro atoms. The van der Waals surface area contributed by atoms with Crippen LogP contribution in [0.4, 0.5) is 0 Å². The van der Waals surface area contributed by atoms with Crippen LogP contribution in [-0.2, 0) is 19.5 Å². The topological polar surface area (TPSA) is 89.5 Å². The molecule has 0 amide bonds. The van der Waals surface area contributed by atoms with Crippen LogP contribution in [0.5, 0.6) is 11.5 Å². The molecule has 2 aromatic rings. The number of nitrogens with one attached hydrogen (secondary N) is 1. The number of rotatable bonds is 2. The molecule has 0 atom stereocenters. The molecule has 1 aliphatic heterocycles. The third-order valence-corrected chi connectivity index (χ3v) is 3.73. The van der Waals surface area contributed by atoms with Crippen molar-refractivity contribution in [3.05, 3.63) is 51.2 Å². The molecular formula is C15H17N3O3. The molecular weight excluding hydrogens is 270 g/mol. The molecule has 2 heterocycles. The highest BCUT2D eigenvalue weighted by Gasteiger charge is 2.21. The fourth-order valence-electron chi connectivity index (χ4n) is 2.69. The lowest BCUT2D eigenvalue weighted by Crippen LogP contribution is -2.35. The Labute approximate surface area is 121 Å². The van der Waals surface area contributed by atoms with E-state index >= 15 is 0 Å². The predicted molar refractivity (Wildman–Crippen MR) is 77.2 cm³/mol. The largest absolute Gasteiger partial charge is 0.508 e. The molecule has 21 heavy (non-hydrogen) atoms.